The lowest BCUT2D eigenvalue weighted by Gasteiger charge is -2.00. The van der Waals surface area contributed by atoms with Crippen LogP contribution in [-0.2, 0) is 6.42 Å². The third-order valence-electron chi connectivity index (χ3n) is 2.19. The fraction of sp³-hybridized carbons (Fsp3) is 0.300. The van der Waals surface area contributed by atoms with Gasteiger partial charge >= 0.3 is 0 Å². The number of fused-ring (bicyclic) bond motifs is 1. The molecule has 12 heavy (non-hydrogen) atoms. The summed E-state index contributed by atoms with van der Waals surface area (Å²) in [6.07, 6.45) is 2.80. The summed E-state index contributed by atoms with van der Waals surface area (Å²) < 4.78 is 5.07. The first-order chi connectivity index (χ1) is 5.81. The van der Waals surface area contributed by atoms with E-state index < -0.39 is 0 Å². The zero-order valence-electron chi connectivity index (χ0n) is 7.29. The summed E-state index contributed by atoms with van der Waals surface area (Å²) in [6, 6.07) is 4.18. The van der Waals surface area contributed by atoms with Crippen molar-refractivity contribution in [2.45, 2.75) is 20.3 Å². The van der Waals surface area contributed by atoms with Gasteiger partial charge in [-0.1, -0.05) is 12.1 Å². The summed E-state index contributed by atoms with van der Waals surface area (Å²) >= 11 is 0. The van der Waals surface area contributed by atoms with E-state index in [4.69, 9.17) is 4.52 Å². The average molecular weight is 161 g/mol. The van der Waals surface area contributed by atoms with E-state index in [1.165, 1.54) is 11.1 Å². The molecule has 2 nitrogen and oxygen atoms in total. The molecule has 0 atom stereocenters. The van der Waals surface area contributed by atoms with Crippen LogP contribution in [0.3, 0.4) is 0 Å². The molecular formula is C10H11NO. The molecule has 1 aromatic carbocycles. The molecule has 0 aliphatic carbocycles. The quantitative estimate of drug-likeness (QED) is 0.642. The molecule has 2 heteroatoms. The van der Waals surface area contributed by atoms with Crippen LogP contribution >= 0.6 is 0 Å². The topological polar surface area (TPSA) is 26.0 Å². The highest BCUT2D eigenvalue weighted by atomic mass is 16.5. The molecule has 0 amide bonds. The molecule has 0 aliphatic rings. The third kappa shape index (κ3) is 0.998. The highest BCUT2D eigenvalue weighted by Gasteiger charge is 2.02. The number of nitrogens with zero attached hydrogens (tertiary/aromatic N) is 1. The Balaban J connectivity index is 2.73. The largest absolute Gasteiger partial charge is 0.356 e. The monoisotopic (exact) mass is 161 g/mol. The van der Waals surface area contributed by atoms with Crippen molar-refractivity contribution in [2.24, 2.45) is 0 Å². The normalized spacial score (nSPS) is 10.8. The van der Waals surface area contributed by atoms with Crippen molar-refractivity contribution in [3.05, 3.63) is 29.5 Å². The van der Waals surface area contributed by atoms with Crippen LogP contribution in [0, 0.1) is 6.92 Å². The van der Waals surface area contributed by atoms with Crippen molar-refractivity contribution in [3.8, 4) is 0 Å². The first-order valence-electron chi connectivity index (χ1n) is 4.15. The smallest absolute Gasteiger partial charge is 0.167 e. The van der Waals surface area contributed by atoms with E-state index in [1.54, 1.807) is 6.20 Å². The second kappa shape index (κ2) is 2.63. The van der Waals surface area contributed by atoms with E-state index in [0.717, 1.165) is 17.4 Å². The molecule has 0 aliphatic heterocycles. The maximum absolute atomic E-state index is 5.07. The standard InChI is InChI=1S/C10H11NO/c1-3-8-5-10-9(4-7(8)2)6-11-12-10/h4-6H,3H2,1-2H3. The maximum atomic E-state index is 5.07. The summed E-state index contributed by atoms with van der Waals surface area (Å²) in [5, 5.41) is 4.83. The molecule has 1 heterocycles. The Hall–Kier alpha value is -1.31. The molecule has 2 aromatic rings. The molecule has 2 rings (SSSR count). The van der Waals surface area contributed by atoms with E-state index in [0.29, 0.717) is 0 Å². The fourth-order valence-corrected chi connectivity index (χ4v) is 1.45. The Kier molecular flexibility index (Phi) is 1.61. The van der Waals surface area contributed by atoms with Crippen LogP contribution in [0.15, 0.2) is 22.9 Å². The van der Waals surface area contributed by atoms with Crippen LogP contribution in [0.2, 0.25) is 0 Å². The first-order valence-corrected chi connectivity index (χ1v) is 4.15. The second-order valence-corrected chi connectivity index (χ2v) is 3.00. The lowest BCUT2D eigenvalue weighted by Crippen LogP contribution is -1.84. The third-order valence-corrected chi connectivity index (χ3v) is 2.19. The molecule has 62 valence electrons. The number of rotatable bonds is 1. The van der Waals surface area contributed by atoms with Crippen molar-refractivity contribution in [2.75, 3.05) is 0 Å². The van der Waals surface area contributed by atoms with E-state index in [-0.39, 0.29) is 0 Å². The van der Waals surface area contributed by atoms with Gasteiger partial charge in [0.2, 0.25) is 0 Å². The summed E-state index contributed by atoms with van der Waals surface area (Å²) in [5.41, 5.74) is 3.53. The predicted molar refractivity (Wildman–Crippen MR) is 48.1 cm³/mol. The van der Waals surface area contributed by atoms with Gasteiger partial charge in [-0.3, -0.25) is 0 Å². The van der Waals surface area contributed by atoms with Crippen LogP contribution in [-0.4, -0.2) is 5.16 Å². The van der Waals surface area contributed by atoms with Crippen molar-refractivity contribution in [3.63, 3.8) is 0 Å². The van der Waals surface area contributed by atoms with Crippen molar-refractivity contribution >= 4 is 11.0 Å². The Morgan fingerprint density at radius 2 is 2.25 bits per heavy atom. The minimum Gasteiger partial charge on any atom is -0.356 e. The average Bonchev–Trinajstić information content (AvgIpc) is 2.49. The highest BCUT2D eigenvalue weighted by molar-refractivity contribution is 5.77. The van der Waals surface area contributed by atoms with Gasteiger partial charge in [-0.2, -0.15) is 0 Å². The van der Waals surface area contributed by atoms with Gasteiger partial charge in [0.25, 0.3) is 0 Å². The molecule has 0 radical (unpaired) electrons. The second-order valence-electron chi connectivity index (χ2n) is 3.00. The zero-order valence-corrected chi connectivity index (χ0v) is 7.29. The highest BCUT2D eigenvalue weighted by Crippen LogP contribution is 2.19. The molecular weight excluding hydrogens is 150 g/mol. The molecule has 0 bridgehead atoms. The number of hydrogen-bond donors (Lipinski definition) is 0. The zero-order chi connectivity index (χ0) is 8.55. The predicted octanol–water partition coefficient (Wildman–Crippen LogP) is 2.70. The molecule has 0 fully saturated rings. The minimum atomic E-state index is 0.887. The van der Waals surface area contributed by atoms with Gasteiger partial charge in [0.1, 0.15) is 0 Å². The maximum Gasteiger partial charge on any atom is 0.167 e. The number of benzene rings is 1. The Labute approximate surface area is 71.2 Å². The fourth-order valence-electron chi connectivity index (χ4n) is 1.45. The van der Waals surface area contributed by atoms with Crippen molar-refractivity contribution < 1.29 is 4.52 Å². The van der Waals surface area contributed by atoms with Crippen LogP contribution in [0.1, 0.15) is 18.1 Å². The van der Waals surface area contributed by atoms with E-state index in [9.17, 15) is 0 Å². The summed E-state index contributed by atoms with van der Waals surface area (Å²) in [4.78, 5) is 0. The number of hydrogen-bond acceptors (Lipinski definition) is 2. The Morgan fingerprint density at radius 3 is 3.00 bits per heavy atom. The van der Waals surface area contributed by atoms with E-state index in [2.05, 4.69) is 31.1 Å². The SMILES string of the molecule is CCc1cc2oncc2cc1C. The summed E-state index contributed by atoms with van der Waals surface area (Å²) in [5.74, 6) is 0. The van der Waals surface area contributed by atoms with Gasteiger partial charge in [-0.15, -0.1) is 0 Å². The summed E-state index contributed by atoms with van der Waals surface area (Å²) in [6.45, 7) is 4.26. The first kappa shape index (κ1) is 7.35. The van der Waals surface area contributed by atoms with Gasteiger partial charge in [0.15, 0.2) is 5.58 Å². The molecule has 0 saturated heterocycles. The van der Waals surface area contributed by atoms with Gasteiger partial charge in [0.05, 0.1) is 6.20 Å². The molecule has 1 aromatic heterocycles. The van der Waals surface area contributed by atoms with E-state index >= 15 is 0 Å². The number of aromatic nitrogens is 1. The van der Waals surface area contributed by atoms with E-state index in [1.807, 2.05) is 0 Å². The number of aryl methyl sites for hydroxylation is 2. The minimum absolute atomic E-state index is 0.887. The molecule has 0 unspecified atom stereocenters. The summed E-state index contributed by atoms with van der Waals surface area (Å²) in [7, 11) is 0. The van der Waals surface area contributed by atoms with Gasteiger partial charge in [0, 0.05) is 5.39 Å². The lowest BCUT2D eigenvalue weighted by molar-refractivity contribution is 0.456. The lowest BCUT2D eigenvalue weighted by atomic mass is 10.0. The van der Waals surface area contributed by atoms with Crippen LogP contribution in [0.5, 0.6) is 0 Å². The van der Waals surface area contributed by atoms with Gasteiger partial charge in [-0.05, 0) is 36.6 Å². The van der Waals surface area contributed by atoms with Gasteiger partial charge in [-0.25, -0.2) is 0 Å². The van der Waals surface area contributed by atoms with Crippen LogP contribution < -0.4 is 0 Å². The van der Waals surface area contributed by atoms with Crippen LogP contribution in [0.4, 0.5) is 0 Å². The van der Waals surface area contributed by atoms with Gasteiger partial charge < -0.3 is 4.52 Å². The Morgan fingerprint density at radius 1 is 1.42 bits per heavy atom. The van der Waals surface area contributed by atoms with Crippen molar-refractivity contribution in [1.82, 2.24) is 5.16 Å². The molecule has 0 N–H and O–H groups in total. The molecule has 0 spiro atoms. The van der Waals surface area contributed by atoms with Crippen molar-refractivity contribution in [1.29, 1.82) is 0 Å². The molecule has 0 saturated carbocycles. The Bertz CT molecular complexity index is 403. The van der Waals surface area contributed by atoms with Crippen LogP contribution in [0.25, 0.3) is 11.0 Å².